The van der Waals surface area contributed by atoms with Crippen molar-refractivity contribution in [1.29, 1.82) is 0 Å². The van der Waals surface area contributed by atoms with E-state index >= 15 is 0 Å². The minimum absolute atomic E-state index is 0.0329. The van der Waals surface area contributed by atoms with E-state index in [0.717, 1.165) is 0 Å². The predicted molar refractivity (Wildman–Crippen MR) is 91.9 cm³/mol. The van der Waals surface area contributed by atoms with Crippen molar-refractivity contribution in [1.82, 2.24) is 4.90 Å². The van der Waals surface area contributed by atoms with E-state index in [1.807, 2.05) is 6.92 Å². The molecule has 3 rings (SSSR count). The van der Waals surface area contributed by atoms with Gasteiger partial charge < -0.3 is 19.1 Å². The highest BCUT2D eigenvalue weighted by Gasteiger charge is 2.34. The Labute approximate surface area is 151 Å². The van der Waals surface area contributed by atoms with Crippen molar-refractivity contribution in [2.24, 2.45) is 0 Å². The topological polar surface area (TPSA) is 99.2 Å². The zero-order chi connectivity index (χ0) is 18.7. The van der Waals surface area contributed by atoms with Crippen molar-refractivity contribution in [2.75, 3.05) is 31.5 Å². The van der Waals surface area contributed by atoms with Crippen molar-refractivity contribution in [3.8, 4) is 11.5 Å². The summed E-state index contributed by atoms with van der Waals surface area (Å²) in [6, 6.07) is 4.29. The molecule has 2 aliphatic heterocycles. The van der Waals surface area contributed by atoms with Crippen molar-refractivity contribution >= 4 is 21.7 Å². The summed E-state index contributed by atoms with van der Waals surface area (Å²) in [7, 11) is -3.10. The fraction of sp³-hybridized carbons (Fsp3) is 0.529. The molecule has 1 aromatic rings. The van der Waals surface area contributed by atoms with Gasteiger partial charge in [-0.2, -0.15) is 0 Å². The molecule has 9 heteroatoms. The number of carbonyl (C=O) groups is 2. The Morgan fingerprint density at radius 2 is 2.04 bits per heavy atom. The van der Waals surface area contributed by atoms with Gasteiger partial charge in [-0.05, 0) is 31.0 Å². The summed E-state index contributed by atoms with van der Waals surface area (Å²) in [4.78, 5) is 26.1. The minimum Gasteiger partial charge on any atom is -0.454 e. The molecule has 1 fully saturated rings. The van der Waals surface area contributed by atoms with E-state index in [9.17, 15) is 18.0 Å². The van der Waals surface area contributed by atoms with E-state index in [0.29, 0.717) is 30.9 Å². The second-order valence-electron chi connectivity index (χ2n) is 6.29. The van der Waals surface area contributed by atoms with Crippen LogP contribution in [0.1, 0.15) is 30.1 Å². The number of esters is 1. The maximum absolute atomic E-state index is 12.5. The van der Waals surface area contributed by atoms with Crippen LogP contribution in [0.5, 0.6) is 11.5 Å². The first-order valence-electron chi connectivity index (χ1n) is 8.46. The zero-order valence-electron chi connectivity index (χ0n) is 14.5. The molecule has 8 nitrogen and oxygen atoms in total. The van der Waals surface area contributed by atoms with Gasteiger partial charge in [0.05, 0.1) is 17.1 Å². The van der Waals surface area contributed by atoms with Crippen LogP contribution in [-0.4, -0.2) is 62.7 Å². The molecular weight excluding hydrogens is 362 g/mol. The third kappa shape index (κ3) is 4.09. The number of fused-ring (bicyclic) bond motifs is 1. The Morgan fingerprint density at radius 3 is 2.73 bits per heavy atom. The average Bonchev–Trinajstić information content (AvgIpc) is 3.22. The van der Waals surface area contributed by atoms with E-state index in [4.69, 9.17) is 14.2 Å². The summed E-state index contributed by atoms with van der Waals surface area (Å²) in [6.07, 6.45) is 1.11. The highest BCUT2D eigenvalue weighted by molar-refractivity contribution is 7.91. The Balaban J connectivity index is 1.60. The van der Waals surface area contributed by atoms with Crippen LogP contribution in [0.15, 0.2) is 18.2 Å². The lowest BCUT2D eigenvalue weighted by atomic mass is 10.2. The van der Waals surface area contributed by atoms with Gasteiger partial charge in [0.1, 0.15) is 0 Å². The molecule has 1 saturated heterocycles. The second kappa shape index (κ2) is 7.53. The van der Waals surface area contributed by atoms with E-state index in [1.54, 1.807) is 6.07 Å². The molecule has 26 heavy (non-hydrogen) atoms. The number of ether oxygens (including phenoxy) is 3. The first-order valence-corrected chi connectivity index (χ1v) is 10.3. The molecule has 0 aliphatic carbocycles. The molecule has 2 aliphatic rings. The molecule has 0 radical (unpaired) electrons. The van der Waals surface area contributed by atoms with Crippen LogP contribution in [-0.2, 0) is 19.4 Å². The van der Waals surface area contributed by atoms with Gasteiger partial charge in [0.25, 0.3) is 5.91 Å². The average molecular weight is 383 g/mol. The van der Waals surface area contributed by atoms with Crippen molar-refractivity contribution < 1.29 is 32.2 Å². The number of carbonyl (C=O) groups excluding carboxylic acids is 2. The lowest BCUT2D eigenvalue weighted by Gasteiger charge is -2.27. The molecule has 142 valence electrons. The molecule has 0 spiro atoms. The fourth-order valence-corrected chi connectivity index (χ4v) is 4.82. The third-order valence-corrected chi connectivity index (χ3v) is 6.12. The van der Waals surface area contributed by atoms with Crippen LogP contribution in [0, 0.1) is 0 Å². The minimum atomic E-state index is -3.10. The summed E-state index contributed by atoms with van der Waals surface area (Å²) in [5.41, 5.74) is 0.257. The number of sulfone groups is 1. The second-order valence-corrected chi connectivity index (χ2v) is 8.52. The predicted octanol–water partition coefficient (Wildman–Crippen LogP) is 0.998. The maximum Gasteiger partial charge on any atom is 0.338 e. The quantitative estimate of drug-likeness (QED) is 0.676. The van der Waals surface area contributed by atoms with Gasteiger partial charge in [0.2, 0.25) is 6.79 Å². The lowest BCUT2D eigenvalue weighted by molar-refractivity contribution is -0.136. The van der Waals surface area contributed by atoms with Gasteiger partial charge in [-0.25, -0.2) is 13.2 Å². The van der Waals surface area contributed by atoms with Crippen molar-refractivity contribution in [3.63, 3.8) is 0 Å². The van der Waals surface area contributed by atoms with Crippen LogP contribution in [0.3, 0.4) is 0 Å². The SMILES string of the molecule is CCCN(C(=O)COC(=O)c1ccc2c(c1)OCO2)[C@H]1CCS(=O)(=O)C1. The number of benzene rings is 1. The van der Waals surface area contributed by atoms with Crippen LogP contribution in [0.2, 0.25) is 0 Å². The molecule has 0 saturated carbocycles. The first-order chi connectivity index (χ1) is 12.4. The highest BCUT2D eigenvalue weighted by Crippen LogP contribution is 2.32. The smallest absolute Gasteiger partial charge is 0.338 e. The van der Waals surface area contributed by atoms with Crippen molar-refractivity contribution in [3.05, 3.63) is 23.8 Å². The number of amides is 1. The Bertz CT molecular complexity index is 805. The van der Waals surface area contributed by atoms with Crippen LogP contribution in [0.25, 0.3) is 0 Å². The first kappa shape index (κ1) is 18.5. The van der Waals surface area contributed by atoms with Gasteiger partial charge in [-0.1, -0.05) is 6.92 Å². The monoisotopic (exact) mass is 383 g/mol. The summed E-state index contributed by atoms with van der Waals surface area (Å²) in [5, 5.41) is 0. The van der Waals surface area contributed by atoms with Gasteiger partial charge in [-0.15, -0.1) is 0 Å². The number of rotatable bonds is 6. The lowest BCUT2D eigenvalue weighted by Crippen LogP contribution is -2.43. The van der Waals surface area contributed by atoms with Gasteiger partial charge in [0, 0.05) is 12.6 Å². The number of nitrogens with zero attached hydrogens (tertiary/aromatic N) is 1. The molecule has 1 aromatic carbocycles. The molecule has 0 aromatic heterocycles. The maximum atomic E-state index is 12.5. The Kier molecular flexibility index (Phi) is 5.36. The van der Waals surface area contributed by atoms with E-state index in [1.165, 1.54) is 17.0 Å². The largest absolute Gasteiger partial charge is 0.454 e. The standard InChI is InChI=1S/C17H21NO7S/c1-2-6-18(13-5-7-26(21,22)10-13)16(19)9-23-17(20)12-3-4-14-15(8-12)25-11-24-14/h3-4,8,13H,2,5-7,9-11H2,1H3/t13-/m0/s1. The summed E-state index contributed by atoms with van der Waals surface area (Å²) < 4.78 is 38.8. The zero-order valence-corrected chi connectivity index (χ0v) is 15.3. The van der Waals surface area contributed by atoms with E-state index in [2.05, 4.69) is 0 Å². The molecule has 0 unspecified atom stereocenters. The van der Waals surface area contributed by atoms with Crippen LogP contribution in [0.4, 0.5) is 0 Å². The third-order valence-electron chi connectivity index (χ3n) is 4.37. The molecule has 1 atom stereocenters. The van der Waals surface area contributed by atoms with E-state index in [-0.39, 0.29) is 35.8 Å². The summed E-state index contributed by atoms with van der Waals surface area (Å²) >= 11 is 0. The van der Waals surface area contributed by atoms with Crippen LogP contribution < -0.4 is 9.47 Å². The normalized spacial score (nSPS) is 20.0. The van der Waals surface area contributed by atoms with E-state index < -0.39 is 22.4 Å². The molecule has 2 heterocycles. The highest BCUT2D eigenvalue weighted by atomic mass is 32.2. The molecule has 1 amide bonds. The number of hydrogen-bond donors (Lipinski definition) is 0. The number of hydrogen-bond acceptors (Lipinski definition) is 7. The van der Waals surface area contributed by atoms with Gasteiger partial charge in [-0.3, -0.25) is 4.79 Å². The summed E-state index contributed by atoms with van der Waals surface area (Å²) in [5.74, 6) is 0.0238. The van der Waals surface area contributed by atoms with Crippen LogP contribution >= 0.6 is 0 Å². The summed E-state index contributed by atoms with van der Waals surface area (Å²) in [6.45, 7) is 2.01. The van der Waals surface area contributed by atoms with Crippen molar-refractivity contribution in [2.45, 2.75) is 25.8 Å². The Hall–Kier alpha value is -2.29. The molecular formula is C17H21NO7S. The van der Waals surface area contributed by atoms with Gasteiger partial charge >= 0.3 is 5.97 Å². The Morgan fingerprint density at radius 1 is 1.27 bits per heavy atom. The molecule has 0 N–H and O–H groups in total. The fourth-order valence-electron chi connectivity index (χ4n) is 3.09. The molecule has 0 bridgehead atoms. The van der Waals surface area contributed by atoms with Gasteiger partial charge in [0.15, 0.2) is 27.9 Å².